The summed E-state index contributed by atoms with van der Waals surface area (Å²) in [7, 11) is 0. The molecule has 0 radical (unpaired) electrons. The Morgan fingerprint density at radius 2 is 1.90 bits per heavy atom. The second-order valence-electron chi connectivity index (χ2n) is 7.66. The highest BCUT2D eigenvalue weighted by molar-refractivity contribution is 7.25. The third-order valence-electron chi connectivity index (χ3n) is 5.66. The van der Waals surface area contributed by atoms with Crippen molar-refractivity contribution in [1.82, 2.24) is 14.5 Å². The van der Waals surface area contributed by atoms with E-state index in [-0.39, 0.29) is 30.6 Å². The number of thiophene rings is 1. The largest absolute Gasteiger partial charge is 0.467 e. The molecule has 3 aromatic heterocycles. The predicted molar refractivity (Wildman–Crippen MR) is 116 cm³/mol. The average molecular weight is 423 g/mol. The number of carbonyl (C=O) groups is 1. The Kier molecular flexibility index (Phi) is 4.78. The number of nitrogens with one attached hydrogen (secondary N) is 1. The van der Waals surface area contributed by atoms with Gasteiger partial charge in [-0.15, -0.1) is 11.3 Å². The van der Waals surface area contributed by atoms with Gasteiger partial charge in [-0.1, -0.05) is 31.0 Å². The molecule has 7 nitrogen and oxygen atoms in total. The molecule has 0 aliphatic heterocycles. The number of aromatic nitrogens is 2. The molecular formula is C22H21N3O4S. The van der Waals surface area contributed by atoms with Gasteiger partial charge in [-0.25, -0.2) is 4.79 Å². The first kappa shape index (κ1) is 18.9. The van der Waals surface area contributed by atoms with Crippen LogP contribution >= 0.6 is 11.3 Å². The lowest BCUT2D eigenvalue weighted by atomic mass is 10.2. The summed E-state index contributed by atoms with van der Waals surface area (Å²) >= 11 is 1.34. The lowest BCUT2D eigenvalue weighted by molar-refractivity contribution is -0.122. The number of amides is 1. The van der Waals surface area contributed by atoms with Gasteiger partial charge in [0.15, 0.2) is 0 Å². The molecule has 5 rings (SSSR count). The van der Waals surface area contributed by atoms with E-state index in [4.69, 9.17) is 4.42 Å². The van der Waals surface area contributed by atoms with Crippen molar-refractivity contribution in [3.8, 4) is 0 Å². The SMILES string of the molecule is O=C(Cn1c(=O)n(Cc2ccco2)c(=O)c2sc3ccccc3c21)NC1CCCC1. The van der Waals surface area contributed by atoms with Crippen LogP contribution < -0.4 is 16.6 Å². The summed E-state index contributed by atoms with van der Waals surface area (Å²) in [5.41, 5.74) is -0.336. The van der Waals surface area contributed by atoms with Crippen LogP contribution in [0, 0.1) is 0 Å². The quantitative estimate of drug-likeness (QED) is 0.535. The summed E-state index contributed by atoms with van der Waals surface area (Å²) in [4.78, 5) is 39.3. The molecule has 1 saturated carbocycles. The molecule has 0 unspecified atom stereocenters. The van der Waals surface area contributed by atoms with Crippen molar-refractivity contribution in [2.24, 2.45) is 0 Å². The normalized spacial score (nSPS) is 14.7. The zero-order chi connectivity index (χ0) is 20.7. The molecule has 8 heteroatoms. The summed E-state index contributed by atoms with van der Waals surface area (Å²) in [5.74, 6) is 0.306. The highest BCUT2D eigenvalue weighted by Crippen LogP contribution is 2.30. The maximum Gasteiger partial charge on any atom is 0.332 e. The molecule has 154 valence electrons. The minimum Gasteiger partial charge on any atom is -0.467 e. The molecule has 1 aliphatic carbocycles. The number of fused-ring (bicyclic) bond motifs is 3. The zero-order valence-corrected chi connectivity index (χ0v) is 17.1. The van der Waals surface area contributed by atoms with Crippen LogP contribution in [0.4, 0.5) is 0 Å². The first-order valence-corrected chi connectivity index (χ1v) is 10.9. The number of hydrogen-bond acceptors (Lipinski definition) is 5. The van der Waals surface area contributed by atoms with Gasteiger partial charge >= 0.3 is 5.69 Å². The molecule has 0 spiro atoms. The van der Waals surface area contributed by atoms with Gasteiger partial charge in [0.25, 0.3) is 5.56 Å². The van der Waals surface area contributed by atoms with E-state index in [1.165, 1.54) is 22.2 Å². The van der Waals surface area contributed by atoms with Crippen LogP contribution in [-0.2, 0) is 17.9 Å². The van der Waals surface area contributed by atoms with E-state index in [0.29, 0.717) is 16.0 Å². The smallest absolute Gasteiger partial charge is 0.332 e. The van der Waals surface area contributed by atoms with E-state index in [0.717, 1.165) is 40.3 Å². The maximum absolute atomic E-state index is 13.4. The Bertz CT molecular complexity index is 1340. The summed E-state index contributed by atoms with van der Waals surface area (Å²) in [6.07, 6.45) is 5.66. The standard InChI is InChI=1S/C22H21N3O4S/c26-18(23-14-6-1-2-7-14)13-24-19-16-9-3-4-10-17(16)30-20(19)21(27)25(22(24)28)12-15-8-5-11-29-15/h3-5,8-11,14H,1-2,6-7,12-13H2,(H,23,26). The van der Waals surface area contributed by atoms with Crippen molar-refractivity contribution >= 4 is 37.5 Å². The van der Waals surface area contributed by atoms with E-state index in [1.54, 1.807) is 12.1 Å². The monoisotopic (exact) mass is 423 g/mol. The minimum atomic E-state index is -0.506. The molecule has 30 heavy (non-hydrogen) atoms. The molecule has 1 aliphatic rings. The van der Waals surface area contributed by atoms with Gasteiger partial charge < -0.3 is 9.73 Å². The maximum atomic E-state index is 13.4. The van der Waals surface area contributed by atoms with E-state index in [2.05, 4.69) is 5.32 Å². The summed E-state index contributed by atoms with van der Waals surface area (Å²) in [5, 5.41) is 3.85. The van der Waals surface area contributed by atoms with Crippen molar-refractivity contribution in [3.63, 3.8) is 0 Å². The van der Waals surface area contributed by atoms with Crippen molar-refractivity contribution in [2.45, 2.75) is 44.8 Å². The lowest BCUT2D eigenvalue weighted by Crippen LogP contribution is -2.43. The topological polar surface area (TPSA) is 86.2 Å². The number of benzene rings is 1. The van der Waals surface area contributed by atoms with Crippen LogP contribution in [0.1, 0.15) is 31.4 Å². The number of rotatable bonds is 5. The van der Waals surface area contributed by atoms with Gasteiger partial charge in [0.2, 0.25) is 5.91 Å². The van der Waals surface area contributed by atoms with Gasteiger partial charge in [-0.05, 0) is 31.0 Å². The van der Waals surface area contributed by atoms with Gasteiger partial charge in [-0.2, -0.15) is 0 Å². The first-order valence-electron chi connectivity index (χ1n) is 10.1. The molecule has 1 amide bonds. The molecule has 0 saturated heterocycles. The molecule has 0 bridgehead atoms. The summed E-state index contributed by atoms with van der Waals surface area (Å²) in [6.45, 7) is -0.0932. The van der Waals surface area contributed by atoms with Crippen molar-refractivity contribution in [2.75, 3.05) is 0 Å². The van der Waals surface area contributed by atoms with E-state index < -0.39 is 5.69 Å². The fraction of sp³-hybridized carbons (Fsp3) is 0.318. The third kappa shape index (κ3) is 3.27. The zero-order valence-electron chi connectivity index (χ0n) is 16.3. The molecule has 1 fully saturated rings. The van der Waals surface area contributed by atoms with Crippen LogP contribution in [0.15, 0.2) is 56.7 Å². The Morgan fingerprint density at radius 1 is 1.10 bits per heavy atom. The fourth-order valence-electron chi connectivity index (χ4n) is 4.23. The van der Waals surface area contributed by atoms with E-state index in [9.17, 15) is 14.4 Å². The number of hydrogen-bond donors (Lipinski definition) is 1. The third-order valence-corrected chi connectivity index (χ3v) is 6.80. The Labute approximate surface area is 175 Å². The summed E-state index contributed by atoms with van der Waals surface area (Å²) in [6, 6.07) is 11.2. The van der Waals surface area contributed by atoms with Gasteiger partial charge in [0.1, 0.15) is 17.0 Å². The molecule has 0 atom stereocenters. The summed E-state index contributed by atoms with van der Waals surface area (Å²) < 4.78 is 9.31. The molecule has 3 heterocycles. The number of furan rings is 1. The number of nitrogens with zero attached hydrogens (tertiary/aromatic N) is 2. The van der Waals surface area contributed by atoms with Crippen LogP contribution in [0.2, 0.25) is 0 Å². The average Bonchev–Trinajstić information content (AvgIpc) is 3.49. The molecule has 4 aromatic rings. The lowest BCUT2D eigenvalue weighted by Gasteiger charge is -2.15. The van der Waals surface area contributed by atoms with Gasteiger partial charge in [0, 0.05) is 16.1 Å². The fourth-order valence-corrected chi connectivity index (χ4v) is 5.38. The van der Waals surface area contributed by atoms with Crippen LogP contribution in [0.3, 0.4) is 0 Å². The van der Waals surface area contributed by atoms with Crippen LogP contribution in [0.25, 0.3) is 20.3 Å². The van der Waals surface area contributed by atoms with Crippen molar-refractivity contribution in [3.05, 3.63) is 69.3 Å². The molecule has 1 aromatic carbocycles. The Hall–Kier alpha value is -3.13. The number of carbonyl (C=O) groups excluding carboxylic acids is 1. The van der Waals surface area contributed by atoms with Crippen LogP contribution in [-0.4, -0.2) is 21.1 Å². The van der Waals surface area contributed by atoms with Crippen LogP contribution in [0.5, 0.6) is 0 Å². The van der Waals surface area contributed by atoms with Crippen molar-refractivity contribution < 1.29 is 9.21 Å². The van der Waals surface area contributed by atoms with Gasteiger partial charge in [-0.3, -0.25) is 18.7 Å². The Balaban J connectivity index is 1.66. The minimum absolute atomic E-state index is 0.0269. The second kappa shape index (κ2) is 7.60. The molecule has 1 N–H and O–H groups in total. The van der Waals surface area contributed by atoms with Gasteiger partial charge in [0.05, 0.1) is 18.3 Å². The van der Waals surface area contributed by atoms with Crippen molar-refractivity contribution in [1.29, 1.82) is 0 Å². The second-order valence-corrected chi connectivity index (χ2v) is 8.72. The molecular weight excluding hydrogens is 402 g/mol. The van der Waals surface area contributed by atoms with E-state index in [1.807, 2.05) is 24.3 Å². The van der Waals surface area contributed by atoms with E-state index >= 15 is 0 Å². The highest BCUT2D eigenvalue weighted by atomic mass is 32.1. The first-order chi connectivity index (χ1) is 14.6. The Morgan fingerprint density at radius 3 is 2.67 bits per heavy atom. The highest BCUT2D eigenvalue weighted by Gasteiger charge is 2.22. The predicted octanol–water partition coefficient (Wildman–Crippen LogP) is 3.08.